The first-order valence-electron chi connectivity index (χ1n) is 11.8. The van der Waals surface area contributed by atoms with Crippen LogP contribution in [0, 0.1) is 0 Å². The van der Waals surface area contributed by atoms with Gasteiger partial charge in [-0.2, -0.15) is 4.31 Å². The maximum Gasteiger partial charge on any atom is 0.255 e. The Kier molecular flexibility index (Phi) is 7.36. The fourth-order valence-corrected chi connectivity index (χ4v) is 6.09. The molecule has 7 nitrogen and oxygen atoms in total. The van der Waals surface area contributed by atoms with E-state index < -0.39 is 10.0 Å². The Morgan fingerprint density at radius 1 is 0.970 bits per heavy atom. The zero-order valence-electron chi connectivity index (χ0n) is 19.5. The molecule has 178 valence electrons. The third-order valence-electron chi connectivity index (χ3n) is 6.86. The molecule has 33 heavy (non-hydrogen) atoms. The van der Waals surface area contributed by atoms with Crippen molar-refractivity contribution in [2.75, 3.05) is 50.5 Å². The number of carbonyl (C=O) groups is 1. The Hall–Kier alpha value is -2.42. The van der Waals surface area contributed by atoms with Crippen molar-refractivity contribution in [3.63, 3.8) is 0 Å². The average Bonchev–Trinajstić information content (AvgIpc) is 2.85. The number of nitrogens with one attached hydrogen (secondary N) is 1. The van der Waals surface area contributed by atoms with Crippen LogP contribution in [0.1, 0.15) is 42.5 Å². The van der Waals surface area contributed by atoms with Crippen molar-refractivity contribution in [1.29, 1.82) is 0 Å². The van der Waals surface area contributed by atoms with E-state index in [2.05, 4.69) is 22.2 Å². The second-order valence-electron chi connectivity index (χ2n) is 9.13. The Morgan fingerprint density at radius 2 is 1.64 bits per heavy atom. The monoisotopic (exact) mass is 470 g/mol. The molecule has 2 aromatic carbocycles. The summed E-state index contributed by atoms with van der Waals surface area (Å²) in [5.74, 6) is -0.320. The molecule has 8 heteroatoms. The molecule has 4 rings (SSSR count). The maximum atomic E-state index is 13.2. The van der Waals surface area contributed by atoms with Crippen LogP contribution in [0.4, 0.5) is 11.4 Å². The predicted octanol–water partition coefficient (Wildman–Crippen LogP) is 3.64. The van der Waals surface area contributed by atoms with E-state index in [-0.39, 0.29) is 16.8 Å². The van der Waals surface area contributed by atoms with Crippen LogP contribution in [-0.2, 0) is 10.0 Å². The van der Waals surface area contributed by atoms with Crippen LogP contribution in [0.5, 0.6) is 0 Å². The number of hydrogen-bond donors (Lipinski definition) is 1. The quantitative estimate of drug-likeness (QED) is 0.698. The van der Waals surface area contributed by atoms with Gasteiger partial charge in [0.25, 0.3) is 5.91 Å². The van der Waals surface area contributed by atoms with E-state index in [0.29, 0.717) is 11.3 Å². The number of carbonyl (C=O) groups excluding carboxylic acids is 1. The van der Waals surface area contributed by atoms with Gasteiger partial charge in [-0.15, -0.1) is 0 Å². The van der Waals surface area contributed by atoms with E-state index in [1.54, 1.807) is 25.2 Å². The summed E-state index contributed by atoms with van der Waals surface area (Å²) in [7, 11) is 0.137. The standard InChI is InChI=1S/C25H34N4O3S/c1-27-15-17-29(18-16-27)23-13-11-21(12-14-23)26-25(30)20-7-6-10-24(19-20)33(31,32)28(2)22-8-4-3-5-9-22/h6-7,10-14,19,22H,3-5,8-9,15-18H2,1-2H3,(H,26,30). The fourth-order valence-electron chi connectivity index (χ4n) is 4.63. The third-order valence-corrected chi connectivity index (χ3v) is 8.76. The number of sulfonamides is 1. The minimum atomic E-state index is -3.65. The first-order valence-corrected chi connectivity index (χ1v) is 13.2. The average molecular weight is 471 g/mol. The van der Waals surface area contributed by atoms with Crippen molar-refractivity contribution in [2.24, 2.45) is 0 Å². The molecule has 1 heterocycles. The highest BCUT2D eigenvalue weighted by Crippen LogP contribution is 2.27. The number of nitrogens with zero attached hydrogens (tertiary/aromatic N) is 3. The molecule has 1 saturated heterocycles. The molecule has 1 amide bonds. The molecule has 1 aliphatic carbocycles. The van der Waals surface area contributed by atoms with Gasteiger partial charge in [0.05, 0.1) is 4.90 Å². The highest BCUT2D eigenvalue weighted by Gasteiger charge is 2.29. The fraction of sp³-hybridized carbons (Fsp3) is 0.480. The van der Waals surface area contributed by atoms with E-state index in [9.17, 15) is 13.2 Å². The number of amides is 1. The van der Waals surface area contributed by atoms with Crippen LogP contribution in [0.15, 0.2) is 53.4 Å². The predicted molar refractivity (Wildman–Crippen MR) is 132 cm³/mol. The third kappa shape index (κ3) is 5.57. The summed E-state index contributed by atoms with van der Waals surface area (Å²) in [6.45, 7) is 4.04. The minimum Gasteiger partial charge on any atom is -0.369 e. The van der Waals surface area contributed by atoms with Crippen LogP contribution in [0.3, 0.4) is 0 Å². The lowest BCUT2D eigenvalue weighted by atomic mass is 9.96. The number of benzene rings is 2. The van der Waals surface area contributed by atoms with Crippen molar-refractivity contribution < 1.29 is 13.2 Å². The van der Waals surface area contributed by atoms with Gasteiger partial charge in [-0.05, 0) is 62.4 Å². The Balaban J connectivity index is 1.43. The van der Waals surface area contributed by atoms with Gasteiger partial charge in [0, 0.05) is 56.2 Å². The minimum absolute atomic E-state index is 0.0278. The molecular weight excluding hydrogens is 436 g/mol. The van der Waals surface area contributed by atoms with Crippen LogP contribution >= 0.6 is 0 Å². The number of likely N-dealkylation sites (N-methyl/N-ethyl adjacent to an activating group) is 1. The van der Waals surface area contributed by atoms with E-state index in [1.807, 2.05) is 24.3 Å². The lowest BCUT2D eigenvalue weighted by Gasteiger charge is -2.34. The highest BCUT2D eigenvalue weighted by atomic mass is 32.2. The molecule has 1 saturated carbocycles. The number of anilines is 2. The van der Waals surface area contributed by atoms with Crippen molar-refractivity contribution >= 4 is 27.3 Å². The summed E-state index contributed by atoms with van der Waals surface area (Å²) in [5.41, 5.74) is 2.15. The molecule has 1 aliphatic heterocycles. The summed E-state index contributed by atoms with van der Waals surface area (Å²) >= 11 is 0. The van der Waals surface area contributed by atoms with E-state index in [4.69, 9.17) is 0 Å². The molecular formula is C25H34N4O3S. The van der Waals surface area contributed by atoms with Gasteiger partial charge in [0.15, 0.2) is 0 Å². The second-order valence-corrected chi connectivity index (χ2v) is 11.1. The van der Waals surface area contributed by atoms with Crippen LogP contribution in [-0.4, -0.2) is 69.8 Å². The highest BCUT2D eigenvalue weighted by molar-refractivity contribution is 7.89. The van der Waals surface area contributed by atoms with Crippen molar-refractivity contribution in [2.45, 2.75) is 43.0 Å². The second kappa shape index (κ2) is 10.2. The molecule has 0 unspecified atom stereocenters. The van der Waals surface area contributed by atoms with Gasteiger partial charge in [0.1, 0.15) is 0 Å². The van der Waals surface area contributed by atoms with Gasteiger partial charge in [-0.25, -0.2) is 8.42 Å². The number of piperazine rings is 1. The molecule has 0 bridgehead atoms. The first-order chi connectivity index (χ1) is 15.8. The molecule has 0 atom stereocenters. The molecule has 0 spiro atoms. The van der Waals surface area contributed by atoms with Gasteiger partial charge in [-0.1, -0.05) is 25.3 Å². The van der Waals surface area contributed by atoms with E-state index >= 15 is 0 Å². The topological polar surface area (TPSA) is 73.0 Å². The molecule has 0 aromatic heterocycles. The van der Waals surface area contributed by atoms with Crippen molar-refractivity contribution in [3.8, 4) is 0 Å². The summed E-state index contributed by atoms with van der Waals surface area (Å²) in [5, 5.41) is 2.89. The lowest BCUT2D eigenvalue weighted by Crippen LogP contribution is -2.44. The maximum absolute atomic E-state index is 13.2. The SMILES string of the molecule is CN1CCN(c2ccc(NC(=O)c3cccc(S(=O)(=O)N(C)C4CCCCC4)c3)cc2)CC1. The van der Waals surface area contributed by atoms with E-state index in [0.717, 1.165) is 64.0 Å². The Morgan fingerprint density at radius 3 is 2.30 bits per heavy atom. The number of rotatable bonds is 6. The molecule has 0 radical (unpaired) electrons. The largest absolute Gasteiger partial charge is 0.369 e. The smallest absolute Gasteiger partial charge is 0.255 e. The molecule has 2 aliphatic rings. The van der Waals surface area contributed by atoms with Gasteiger partial charge >= 0.3 is 0 Å². The Labute approximate surface area is 197 Å². The summed E-state index contributed by atoms with van der Waals surface area (Å²) < 4.78 is 27.8. The van der Waals surface area contributed by atoms with Gasteiger partial charge in [-0.3, -0.25) is 4.79 Å². The normalized spacial score (nSPS) is 18.5. The van der Waals surface area contributed by atoms with Gasteiger partial charge in [0.2, 0.25) is 10.0 Å². The van der Waals surface area contributed by atoms with Crippen molar-refractivity contribution in [3.05, 3.63) is 54.1 Å². The lowest BCUT2D eigenvalue weighted by molar-refractivity contribution is 0.102. The van der Waals surface area contributed by atoms with Crippen LogP contribution in [0.2, 0.25) is 0 Å². The summed E-state index contributed by atoms with van der Waals surface area (Å²) in [6.07, 6.45) is 5.05. The number of hydrogen-bond acceptors (Lipinski definition) is 5. The molecule has 2 fully saturated rings. The van der Waals surface area contributed by atoms with Crippen molar-refractivity contribution in [1.82, 2.24) is 9.21 Å². The zero-order chi connectivity index (χ0) is 23.4. The Bertz CT molecular complexity index is 1060. The van der Waals surface area contributed by atoms with Crippen LogP contribution < -0.4 is 10.2 Å². The first kappa shape index (κ1) is 23.7. The molecule has 1 N–H and O–H groups in total. The van der Waals surface area contributed by atoms with E-state index in [1.165, 1.54) is 10.4 Å². The zero-order valence-corrected chi connectivity index (χ0v) is 20.4. The summed E-state index contributed by atoms with van der Waals surface area (Å²) in [6, 6.07) is 14.2. The molecule has 2 aromatic rings. The van der Waals surface area contributed by atoms with Gasteiger partial charge < -0.3 is 15.1 Å². The van der Waals surface area contributed by atoms with Crippen LogP contribution in [0.25, 0.3) is 0 Å². The summed E-state index contributed by atoms with van der Waals surface area (Å²) in [4.78, 5) is 17.7.